The average molecular weight is 229 g/mol. The number of rotatable bonds is 2. The summed E-state index contributed by atoms with van der Waals surface area (Å²) in [6, 6.07) is 10.5. The van der Waals surface area contributed by atoms with Gasteiger partial charge in [0.2, 0.25) is 0 Å². The fraction of sp³-hybridized carbons (Fsp3) is 0.0833. The van der Waals surface area contributed by atoms with Gasteiger partial charge in [0.1, 0.15) is 0 Å². The van der Waals surface area contributed by atoms with Crippen molar-refractivity contribution in [2.45, 2.75) is 0 Å². The molecule has 0 bridgehead atoms. The largest absolute Gasteiger partial charge is 0.488 e. The Bertz CT molecular complexity index is 569. The molecule has 5 heteroatoms. The quantitative estimate of drug-likeness (QED) is 0.628. The van der Waals surface area contributed by atoms with Crippen molar-refractivity contribution < 1.29 is 14.8 Å². The van der Waals surface area contributed by atoms with Gasteiger partial charge in [-0.15, -0.1) is 0 Å². The molecule has 0 heterocycles. The van der Waals surface area contributed by atoms with Crippen molar-refractivity contribution in [3.63, 3.8) is 0 Å². The van der Waals surface area contributed by atoms with Crippen molar-refractivity contribution in [2.24, 2.45) is 0 Å². The van der Waals surface area contributed by atoms with Crippen LogP contribution in [0, 0.1) is 0 Å². The molecule has 0 aliphatic carbocycles. The lowest BCUT2D eigenvalue weighted by Crippen LogP contribution is -2.31. The number of carbonyl (C=O) groups is 1. The first-order chi connectivity index (χ1) is 8.13. The highest BCUT2D eigenvalue weighted by Crippen LogP contribution is 2.17. The number of hydrogen-bond acceptors (Lipinski definition) is 3. The number of carbonyl (C=O) groups excluding carboxylic acids is 1. The van der Waals surface area contributed by atoms with E-state index in [-0.39, 0.29) is 5.91 Å². The summed E-state index contributed by atoms with van der Waals surface area (Å²) >= 11 is 0. The zero-order chi connectivity index (χ0) is 12.4. The van der Waals surface area contributed by atoms with E-state index < -0.39 is 7.12 Å². The number of fused-ring (bicyclic) bond motifs is 1. The smallest absolute Gasteiger partial charge is 0.423 e. The fourth-order valence-corrected chi connectivity index (χ4v) is 1.81. The van der Waals surface area contributed by atoms with E-state index in [2.05, 4.69) is 5.32 Å². The highest BCUT2D eigenvalue weighted by molar-refractivity contribution is 6.59. The van der Waals surface area contributed by atoms with Crippen molar-refractivity contribution >= 4 is 29.3 Å². The number of benzene rings is 2. The molecule has 17 heavy (non-hydrogen) atoms. The Labute approximate surface area is 99.0 Å². The highest BCUT2D eigenvalue weighted by Gasteiger charge is 2.16. The van der Waals surface area contributed by atoms with Crippen molar-refractivity contribution in [1.29, 1.82) is 0 Å². The van der Waals surface area contributed by atoms with Crippen molar-refractivity contribution in [2.75, 3.05) is 7.05 Å². The van der Waals surface area contributed by atoms with E-state index in [9.17, 15) is 14.8 Å². The lowest BCUT2D eigenvalue weighted by atomic mass is 9.78. The molecule has 2 aromatic carbocycles. The Hall–Kier alpha value is -1.85. The van der Waals surface area contributed by atoms with Crippen LogP contribution in [0.2, 0.25) is 0 Å². The van der Waals surface area contributed by atoms with Crippen LogP contribution in [0.4, 0.5) is 0 Å². The highest BCUT2D eigenvalue weighted by atomic mass is 16.4. The molecule has 0 aromatic heterocycles. The lowest BCUT2D eigenvalue weighted by molar-refractivity contribution is 0.0965. The van der Waals surface area contributed by atoms with Gasteiger partial charge in [0.15, 0.2) is 0 Å². The standard InChI is InChI=1S/C12H12BNO3/c1-14-12(15)11-7-9(13(16)17)6-8-4-2-3-5-10(8)11/h2-7,16-17H,1H3,(H,14,15). The maximum Gasteiger partial charge on any atom is 0.488 e. The molecule has 0 spiro atoms. The third-order valence-electron chi connectivity index (χ3n) is 2.65. The molecule has 3 N–H and O–H groups in total. The minimum absolute atomic E-state index is 0.247. The molecule has 0 unspecified atom stereocenters. The van der Waals surface area contributed by atoms with Crippen LogP contribution < -0.4 is 10.8 Å². The van der Waals surface area contributed by atoms with Crippen molar-refractivity contribution in [3.8, 4) is 0 Å². The predicted molar refractivity (Wildman–Crippen MR) is 67.2 cm³/mol. The zero-order valence-electron chi connectivity index (χ0n) is 9.34. The predicted octanol–water partition coefficient (Wildman–Crippen LogP) is -0.121. The molecule has 86 valence electrons. The molecular weight excluding hydrogens is 217 g/mol. The molecule has 2 rings (SSSR count). The number of amides is 1. The van der Waals surface area contributed by atoms with Gasteiger partial charge in [-0.05, 0) is 22.3 Å². The first kappa shape index (κ1) is 11.6. The molecule has 0 aliphatic heterocycles. The third-order valence-corrected chi connectivity index (χ3v) is 2.65. The van der Waals surface area contributed by atoms with E-state index in [0.29, 0.717) is 11.0 Å². The van der Waals surface area contributed by atoms with Gasteiger partial charge >= 0.3 is 7.12 Å². The van der Waals surface area contributed by atoms with Crippen molar-refractivity contribution in [3.05, 3.63) is 42.0 Å². The molecule has 0 atom stereocenters. The second kappa shape index (κ2) is 4.57. The summed E-state index contributed by atoms with van der Waals surface area (Å²) in [6.45, 7) is 0. The topological polar surface area (TPSA) is 69.6 Å². The lowest BCUT2D eigenvalue weighted by Gasteiger charge is -2.08. The molecule has 0 saturated carbocycles. The Kier molecular flexibility index (Phi) is 3.13. The van der Waals surface area contributed by atoms with E-state index in [1.165, 1.54) is 6.07 Å². The van der Waals surface area contributed by atoms with Gasteiger partial charge in [-0.1, -0.05) is 30.3 Å². The van der Waals surface area contributed by atoms with Crippen LogP contribution >= 0.6 is 0 Å². The second-order valence-corrected chi connectivity index (χ2v) is 3.74. The monoisotopic (exact) mass is 229 g/mol. The zero-order valence-corrected chi connectivity index (χ0v) is 9.34. The first-order valence-corrected chi connectivity index (χ1v) is 5.24. The Morgan fingerprint density at radius 3 is 2.59 bits per heavy atom. The number of nitrogens with one attached hydrogen (secondary N) is 1. The molecule has 2 aromatic rings. The SMILES string of the molecule is CNC(=O)c1cc(B(O)O)cc2ccccc12. The maximum atomic E-state index is 11.7. The summed E-state index contributed by atoms with van der Waals surface area (Å²) in [6.07, 6.45) is 0. The summed E-state index contributed by atoms with van der Waals surface area (Å²) < 4.78 is 0. The number of hydrogen-bond donors (Lipinski definition) is 3. The van der Waals surface area contributed by atoms with Gasteiger partial charge in [-0.2, -0.15) is 0 Å². The van der Waals surface area contributed by atoms with Gasteiger partial charge in [-0.3, -0.25) is 4.79 Å². The van der Waals surface area contributed by atoms with Crippen LogP contribution in [0.25, 0.3) is 10.8 Å². The van der Waals surface area contributed by atoms with Gasteiger partial charge < -0.3 is 15.4 Å². The van der Waals surface area contributed by atoms with Crippen LogP contribution in [0.1, 0.15) is 10.4 Å². The van der Waals surface area contributed by atoms with Crippen molar-refractivity contribution in [1.82, 2.24) is 5.32 Å². The Morgan fingerprint density at radius 1 is 1.24 bits per heavy atom. The van der Waals surface area contributed by atoms with Crippen LogP contribution in [-0.2, 0) is 0 Å². The third kappa shape index (κ3) is 2.15. The van der Waals surface area contributed by atoms with Gasteiger partial charge in [0.05, 0.1) is 0 Å². The minimum atomic E-state index is -1.58. The summed E-state index contributed by atoms with van der Waals surface area (Å²) in [5.74, 6) is -0.247. The summed E-state index contributed by atoms with van der Waals surface area (Å²) in [5, 5.41) is 22.5. The van der Waals surface area contributed by atoms with Gasteiger partial charge in [0.25, 0.3) is 5.91 Å². The van der Waals surface area contributed by atoms with Gasteiger partial charge in [-0.25, -0.2) is 0 Å². The van der Waals surface area contributed by atoms with Crippen LogP contribution in [0.15, 0.2) is 36.4 Å². The average Bonchev–Trinajstić information content (AvgIpc) is 2.36. The molecule has 4 nitrogen and oxygen atoms in total. The minimum Gasteiger partial charge on any atom is -0.423 e. The Balaban J connectivity index is 2.73. The Morgan fingerprint density at radius 2 is 1.94 bits per heavy atom. The molecule has 1 amide bonds. The maximum absolute atomic E-state index is 11.7. The summed E-state index contributed by atoms with van der Waals surface area (Å²) in [5.41, 5.74) is 0.746. The van der Waals surface area contributed by atoms with Crippen LogP contribution in [0.3, 0.4) is 0 Å². The molecule has 0 fully saturated rings. The van der Waals surface area contributed by atoms with E-state index in [4.69, 9.17) is 0 Å². The molecular formula is C12H12BNO3. The van der Waals surface area contributed by atoms with E-state index >= 15 is 0 Å². The molecule has 0 radical (unpaired) electrons. The molecule has 0 saturated heterocycles. The summed E-state index contributed by atoms with van der Waals surface area (Å²) in [7, 11) is -0.0397. The van der Waals surface area contributed by atoms with Gasteiger partial charge in [0, 0.05) is 12.6 Å². The normalized spacial score (nSPS) is 10.3. The van der Waals surface area contributed by atoms with E-state index in [0.717, 1.165) is 10.8 Å². The molecule has 0 aliphatic rings. The van der Waals surface area contributed by atoms with E-state index in [1.54, 1.807) is 13.1 Å². The summed E-state index contributed by atoms with van der Waals surface area (Å²) in [4.78, 5) is 11.7. The van der Waals surface area contributed by atoms with Crippen LogP contribution in [0.5, 0.6) is 0 Å². The van der Waals surface area contributed by atoms with E-state index in [1.807, 2.05) is 24.3 Å². The second-order valence-electron chi connectivity index (χ2n) is 3.74. The van der Waals surface area contributed by atoms with Crippen LogP contribution in [-0.4, -0.2) is 30.1 Å². The first-order valence-electron chi connectivity index (χ1n) is 5.24. The fourth-order valence-electron chi connectivity index (χ4n) is 1.81.